The molecule has 0 aliphatic rings. The van der Waals surface area contributed by atoms with E-state index in [9.17, 15) is 13.0 Å². The molecule has 0 radical (unpaired) electrons. The topological polar surface area (TPSA) is 86.3 Å². The first-order chi connectivity index (χ1) is 12.6. The van der Waals surface area contributed by atoms with Crippen LogP contribution in [0.25, 0.3) is 11.0 Å². The van der Waals surface area contributed by atoms with Gasteiger partial charge in [0.1, 0.15) is 27.6 Å². The van der Waals surface area contributed by atoms with E-state index in [1.807, 2.05) is 0 Å². The molecule has 0 fully saturated rings. The van der Waals surface area contributed by atoms with E-state index in [1.54, 1.807) is 6.07 Å². The van der Waals surface area contributed by atoms with Crippen molar-refractivity contribution in [2.45, 2.75) is 6.61 Å². The Hall–Kier alpha value is -3.01. The van der Waals surface area contributed by atoms with E-state index in [-0.39, 0.29) is 39.1 Å². The minimum Gasteiger partial charge on any atom is -0.493 e. The third kappa shape index (κ3) is 3.36. The number of ether oxygens (including phenoxy) is 3. The van der Waals surface area contributed by atoms with Crippen molar-refractivity contribution in [3.63, 3.8) is 0 Å². The molecule has 7 nitrogen and oxygen atoms in total. The van der Waals surface area contributed by atoms with Crippen molar-refractivity contribution < 1.29 is 27.2 Å². The molecule has 0 aliphatic carbocycles. The Morgan fingerprint density at radius 3 is 2.69 bits per heavy atom. The van der Waals surface area contributed by atoms with Crippen LogP contribution in [0.3, 0.4) is 0 Å². The summed E-state index contributed by atoms with van der Waals surface area (Å²) in [6.07, 6.45) is 1.48. The van der Waals surface area contributed by atoms with Crippen molar-refractivity contribution in [1.29, 1.82) is 0 Å². The lowest BCUT2D eigenvalue weighted by atomic mass is 10.2. The number of hydrogen-bond donors (Lipinski definition) is 1. The van der Waals surface area contributed by atoms with Crippen molar-refractivity contribution in [2.75, 3.05) is 14.2 Å². The van der Waals surface area contributed by atoms with E-state index in [2.05, 4.69) is 19.7 Å². The summed E-state index contributed by atoms with van der Waals surface area (Å²) < 4.78 is 51.3. The molecule has 0 unspecified atom stereocenters. The summed E-state index contributed by atoms with van der Waals surface area (Å²) in [5.74, 6) is 0.910. The maximum Gasteiger partial charge on any atom is 0.387 e. The summed E-state index contributed by atoms with van der Waals surface area (Å²) in [6, 6.07) is 5.85. The number of rotatable bonds is 6. The predicted molar refractivity (Wildman–Crippen MR) is 91.4 cm³/mol. The highest BCUT2D eigenvalue weighted by Gasteiger charge is 2.21. The number of hydrogen-bond acceptors (Lipinski definition) is 6. The van der Waals surface area contributed by atoms with Crippen LogP contribution in [0.15, 0.2) is 30.5 Å². The highest BCUT2D eigenvalue weighted by atomic mass is 32.1. The molecular formula is C16H13F2N3O4S. The normalized spacial score (nSPS) is 10.8. The van der Waals surface area contributed by atoms with Gasteiger partial charge in [-0.05, 0) is 12.1 Å². The number of methoxy groups -OCH3 is 2. The van der Waals surface area contributed by atoms with Gasteiger partial charge in [0.25, 0.3) is 0 Å². The fourth-order valence-electron chi connectivity index (χ4n) is 2.41. The molecule has 2 heterocycles. The lowest BCUT2D eigenvalue weighted by Gasteiger charge is -2.10. The van der Waals surface area contributed by atoms with Gasteiger partial charge < -0.3 is 19.2 Å². The number of aromatic nitrogens is 3. The Kier molecular flexibility index (Phi) is 5.12. The van der Waals surface area contributed by atoms with Crippen molar-refractivity contribution in [3.8, 4) is 17.2 Å². The quantitative estimate of drug-likeness (QED) is 0.521. The van der Waals surface area contributed by atoms with Crippen LogP contribution in [-0.2, 0) is 11.3 Å². The standard InChI is InChI=1S/C16H13F2N3O4S/c1-23-11-5-6-19-12(13(11)24-2)14(26-22)15-20-9-4-3-8(25-16(17)18)7-10(9)21-15/h3-7,16H,1-2H3,(H,20,21). The van der Waals surface area contributed by atoms with E-state index < -0.39 is 6.61 Å². The second-order valence-corrected chi connectivity index (χ2v) is 5.53. The first kappa shape index (κ1) is 17.8. The fourth-order valence-corrected chi connectivity index (χ4v) is 2.81. The Bertz CT molecular complexity index is 1000. The second kappa shape index (κ2) is 7.48. The number of aromatic amines is 1. The van der Waals surface area contributed by atoms with Gasteiger partial charge in [0, 0.05) is 18.3 Å². The van der Waals surface area contributed by atoms with Gasteiger partial charge in [0.15, 0.2) is 17.3 Å². The number of fused-ring (bicyclic) bond motifs is 1. The van der Waals surface area contributed by atoms with Crippen LogP contribution in [-0.4, -0.2) is 44.9 Å². The first-order valence-electron chi connectivity index (χ1n) is 7.26. The molecule has 0 aliphatic heterocycles. The molecular weight excluding hydrogens is 368 g/mol. The summed E-state index contributed by atoms with van der Waals surface area (Å²) in [4.78, 5) is 11.6. The van der Waals surface area contributed by atoms with Crippen LogP contribution in [0.1, 0.15) is 11.5 Å². The highest BCUT2D eigenvalue weighted by Crippen LogP contribution is 2.30. The molecule has 1 N–H and O–H groups in total. The maximum absolute atomic E-state index is 12.4. The molecule has 10 heteroatoms. The summed E-state index contributed by atoms with van der Waals surface area (Å²) >= 11 is 0.179. The van der Waals surface area contributed by atoms with Gasteiger partial charge in [-0.1, -0.05) is 0 Å². The van der Waals surface area contributed by atoms with Crippen LogP contribution in [0, 0.1) is 0 Å². The van der Waals surface area contributed by atoms with Gasteiger partial charge >= 0.3 is 6.61 Å². The molecule has 0 amide bonds. The molecule has 0 bridgehead atoms. The Morgan fingerprint density at radius 2 is 2.04 bits per heavy atom. The van der Waals surface area contributed by atoms with Gasteiger partial charge in [0.05, 0.1) is 25.3 Å². The number of nitrogens with one attached hydrogen (secondary N) is 1. The maximum atomic E-state index is 12.4. The summed E-state index contributed by atoms with van der Waals surface area (Å²) in [7, 11) is 2.90. The van der Waals surface area contributed by atoms with Gasteiger partial charge in [-0.2, -0.15) is 8.78 Å². The highest BCUT2D eigenvalue weighted by molar-refractivity contribution is 7.67. The van der Waals surface area contributed by atoms with Crippen molar-refractivity contribution in [3.05, 3.63) is 42.0 Å². The van der Waals surface area contributed by atoms with E-state index in [1.165, 1.54) is 38.6 Å². The van der Waals surface area contributed by atoms with Crippen LogP contribution >= 0.6 is 0 Å². The molecule has 136 valence electrons. The van der Waals surface area contributed by atoms with Crippen molar-refractivity contribution >= 4 is 27.2 Å². The van der Waals surface area contributed by atoms with Crippen LogP contribution < -0.4 is 14.2 Å². The van der Waals surface area contributed by atoms with Gasteiger partial charge in [0.2, 0.25) is 0 Å². The third-order valence-electron chi connectivity index (χ3n) is 3.48. The average Bonchev–Trinajstić information content (AvgIpc) is 3.04. The number of imidazole rings is 1. The predicted octanol–water partition coefficient (Wildman–Crippen LogP) is 2.36. The summed E-state index contributed by atoms with van der Waals surface area (Å²) in [5, 5.41) is 0. The molecule has 2 aromatic heterocycles. The number of halogens is 2. The van der Waals surface area contributed by atoms with Crippen LogP contribution in [0.5, 0.6) is 17.2 Å². The zero-order valence-electron chi connectivity index (χ0n) is 13.7. The van der Waals surface area contributed by atoms with Crippen molar-refractivity contribution in [1.82, 2.24) is 15.0 Å². The Balaban J connectivity index is 2.08. The van der Waals surface area contributed by atoms with E-state index in [0.717, 1.165) is 0 Å². The van der Waals surface area contributed by atoms with Gasteiger partial charge in [-0.15, -0.1) is 0 Å². The Labute approximate surface area is 150 Å². The largest absolute Gasteiger partial charge is 0.493 e. The van der Waals surface area contributed by atoms with Crippen LogP contribution in [0.2, 0.25) is 0 Å². The summed E-state index contributed by atoms with van der Waals surface area (Å²) in [5.41, 5.74) is 1.18. The van der Waals surface area contributed by atoms with E-state index in [0.29, 0.717) is 16.8 Å². The number of benzene rings is 1. The SMILES string of the molecule is COc1ccnc(C(=S=O)c2nc3ccc(OC(F)F)cc3[nH]2)c1OC. The second-order valence-electron chi connectivity index (χ2n) is 4.95. The minimum atomic E-state index is -2.93. The molecule has 26 heavy (non-hydrogen) atoms. The molecule has 1 aromatic carbocycles. The van der Waals surface area contributed by atoms with Gasteiger partial charge in [-0.3, -0.25) is 4.98 Å². The number of nitrogens with zero attached hydrogens (tertiary/aromatic N) is 2. The fraction of sp³-hybridized carbons (Fsp3) is 0.188. The molecule has 0 spiro atoms. The summed E-state index contributed by atoms with van der Waals surface area (Å²) in [6.45, 7) is -2.93. The third-order valence-corrected chi connectivity index (χ3v) is 4.04. The zero-order chi connectivity index (χ0) is 18.7. The van der Waals surface area contributed by atoms with Crippen molar-refractivity contribution in [2.24, 2.45) is 0 Å². The lowest BCUT2D eigenvalue weighted by Crippen LogP contribution is -2.10. The zero-order valence-corrected chi connectivity index (χ0v) is 14.5. The lowest BCUT2D eigenvalue weighted by molar-refractivity contribution is -0.0497. The number of H-pyrrole nitrogens is 1. The first-order valence-corrected chi connectivity index (χ1v) is 8.00. The minimum absolute atomic E-state index is 0.0175. The average molecular weight is 381 g/mol. The van der Waals surface area contributed by atoms with Gasteiger partial charge in [-0.25, -0.2) is 9.19 Å². The molecule has 0 saturated heterocycles. The number of pyridine rings is 1. The molecule has 3 aromatic rings. The Morgan fingerprint density at radius 1 is 1.23 bits per heavy atom. The monoisotopic (exact) mass is 381 g/mol. The van der Waals surface area contributed by atoms with E-state index >= 15 is 0 Å². The molecule has 0 saturated carbocycles. The van der Waals surface area contributed by atoms with E-state index in [4.69, 9.17) is 9.47 Å². The molecule has 0 atom stereocenters. The number of alkyl halides is 2. The molecule has 3 rings (SSSR count). The smallest absolute Gasteiger partial charge is 0.387 e. The van der Waals surface area contributed by atoms with Crippen LogP contribution in [0.4, 0.5) is 8.78 Å².